The van der Waals surface area contributed by atoms with Crippen LogP contribution in [0.1, 0.15) is 18.1 Å². The minimum atomic E-state index is 0.839. The molecule has 94 valence electrons. The molecule has 2 rings (SSSR count). The van der Waals surface area contributed by atoms with Crippen LogP contribution in [-0.4, -0.2) is 11.5 Å². The van der Waals surface area contributed by atoms with E-state index in [-0.39, 0.29) is 0 Å². The minimum absolute atomic E-state index is 0.839. The van der Waals surface area contributed by atoms with Crippen molar-refractivity contribution in [3.8, 4) is 0 Å². The summed E-state index contributed by atoms with van der Waals surface area (Å²) < 4.78 is 0. The lowest BCUT2D eigenvalue weighted by Gasteiger charge is -2.25. The highest BCUT2D eigenvalue weighted by molar-refractivity contribution is 5.68. The van der Waals surface area contributed by atoms with Crippen LogP contribution in [0.2, 0.25) is 0 Å². The first kappa shape index (κ1) is 12.4. The molecule has 1 aromatic carbocycles. The van der Waals surface area contributed by atoms with Gasteiger partial charge in [0.1, 0.15) is 0 Å². The molecule has 1 aromatic heterocycles. The predicted molar refractivity (Wildman–Crippen MR) is 76.6 cm³/mol. The van der Waals surface area contributed by atoms with Gasteiger partial charge < -0.3 is 10.6 Å². The zero-order valence-electron chi connectivity index (χ0n) is 10.9. The number of anilines is 2. The maximum absolute atomic E-state index is 6.10. The molecule has 0 bridgehead atoms. The second-order valence-corrected chi connectivity index (χ2v) is 4.43. The molecule has 2 N–H and O–H groups in total. The van der Waals surface area contributed by atoms with Crippen molar-refractivity contribution >= 4 is 11.4 Å². The molecule has 18 heavy (non-hydrogen) atoms. The highest BCUT2D eigenvalue weighted by Gasteiger charge is 2.08. The fourth-order valence-electron chi connectivity index (χ4n) is 2.04. The lowest BCUT2D eigenvalue weighted by atomic mass is 10.1. The molecule has 1 heterocycles. The Balaban J connectivity index is 2.23. The minimum Gasteiger partial charge on any atom is -0.397 e. The first-order chi connectivity index (χ1) is 8.70. The van der Waals surface area contributed by atoms with Crippen LogP contribution in [-0.2, 0) is 6.54 Å². The first-order valence-electron chi connectivity index (χ1n) is 6.20. The standard InChI is InChI=1S/C15H19N3/c1-3-18(11-13-6-8-17-9-7-13)15-5-4-12(2)10-14(15)16/h4-10H,3,11,16H2,1-2H3. The summed E-state index contributed by atoms with van der Waals surface area (Å²) in [4.78, 5) is 6.31. The molecule has 0 amide bonds. The van der Waals surface area contributed by atoms with Crippen LogP contribution in [0.3, 0.4) is 0 Å². The average Bonchev–Trinajstić information content (AvgIpc) is 2.38. The Bertz CT molecular complexity index is 508. The molecule has 0 radical (unpaired) electrons. The van der Waals surface area contributed by atoms with Crippen molar-refractivity contribution in [1.29, 1.82) is 0 Å². The van der Waals surface area contributed by atoms with Crippen LogP contribution >= 0.6 is 0 Å². The summed E-state index contributed by atoms with van der Waals surface area (Å²) in [5, 5.41) is 0. The number of benzene rings is 1. The van der Waals surface area contributed by atoms with Crippen molar-refractivity contribution in [3.63, 3.8) is 0 Å². The maximum atomic E-state index is 6.10. The number of aromatic nitrogens is 1. The van der Waals surface area contributed by atoms with Gasteiger partial charge in [0.15, 0.2) is 0 Å². The topological polar surface area (TPSA) is 42.2 Å². The Kier molecular flexibility index (Phi) is 3.82. The summed E-state index contributed by atoms with van der Waals surface area (Å²) in [5.41, 5.74) is 10.5. The van der Waals surface area contributed by atoms with Crippen molar-refractivity contribution < 1.29 is 0 Å². The predicted octanol–water partition coefficient (Wildman–Crippen LogP) is 3.00. The molecule has 0 saturated carbocycles. The van der Waals surface area contributed by atoms with E-state index in [2.05, 4.69) is 35.9 Å². The SMILES string of the molecule is CCN(Cc1ccncc1)c1ccc(C)cc1N. The van der Waals surface area contributed by atoms with E-state index in [1.165, 1.54) is 11.1 Å². The number of nitrogens with zero attached hydrogens (tertiary/aromatic N) is 2. The van der Waals surface area contributed by atoms with Gasteiger partial charge in [0.25, 0.3) is 0 Å². The molecular formula is C15H19N3. The van der Waals surface area contributed by atoms with Crippen molar-refractivity contribution in [1.82, 2.24) is 4.98 Å². The van der Waals surface area contributed by atoms with E-state index < -0.39 is 0 Å². The molecule has 0 unspecified atom stereocenters. The number of nitrogens with two attached hydrogens (primary N) is 1. The first-order valence-corrected chi connectivity index (χ1v) is 6.20. The van der Waals surface area contributed by atoms with Gasteiger partial charge in [-0.25, -0.2) is 0 Å². The molecule has 0 aliphatic carbocycles. The van der Waals surface area contributed by atoms with Crippen molar-refractivity contribution in [2.24, 2.45) is 0 Å². The molecule has 0 spiro atoms. The highest BCUT2D eigenvalue weighted by Crippen LogP contribution is 2.25. The molecule has 0 aliphatic rings. The molecule has 0 atom stereocenters. The zero-order chi connectivity index (χ0) is 13.0. The Morgan fingerprint density at radius 2 is 1.89 bits per heavy atom. The van der Waals surface area contributed by atoms with Gasteiger partial charge in [-0.2, -0.15) is 0 Å². The Morgan fingerprint density at radius 3 is 2.50 bits per heavy atom. The van der Waals surface area contributed by atoms with Gasteiger partial charge in [0, 0.05) is 25.5 Å². The number of hydrogen-bond acceptors (Lipinski definition) is 3. The molecule has 3 heteroatoms. The number of hydrogen-bond donors (Lipinski definition) is 1. The van der Waals surface area contributed by atoms with Crippen LogP contribution in [0.4, 0.5) is 11.4 Å². The van der Waals surface area contributed by atoms with Gasteiger partial charge >= 0.3 is 0 Å². The van der Waals surface area contributed by atoms with Crippen molar-refractivity contribution in [2.75, 3.05) is 17.2 Å². The molecule has 0 aliphatic heterocycles. The van der Waals surface area contributed by atoms with E-state index in [0.717, 1.165) is 24.5 Å². The van der Waals surface area contributed by atoms with E-state index in [4.69, 9.17) is 5.73 Å². The Hall–Kier alpha value is -2.03. The van der Waals surface area contributed by atoms with Gasteiger partial charge in [-0.1, -0.05) is 6.07 Å². The molecule has 3 nitrogen and oxygen atoms in total. The van der Waals surface area contributed by atoms with Crippen molar-refractivity contribution in [2.45, 2.75) is 20.4 Å². The third kappa shape index (κ3) is 2.80. The monoisotopic (exact) mass is 241 g/mol. The van der Waals surface area contributed by atoms with Gasteiger partial charge in [0.05, 0.1) is 11.4 Å². The van der Waals surface area contributed by atoms with Gasteiger partial charge in [-0.05, 0) is 49.2 Å². The quantitative estimate of drug-likeness (QED) is 0.837. The van der Waals surface area contributed by atoms with Crippen LogP contribution < -0.4 is 10.6 Å². The summed E-state index contributed by atoms with van der Waals surface area (Å²) in [6.07, 6.45) is 3.64. The lowest BCUT2D eigenvalue weighted by molar-refractivity contribution is 0.831. The Labute approximate surface area is 108 Å². The molecule has 0 fully saturated rings. The number of nitrogen functional groups attached to an aromatic ring is 1. The normalized spacial score (nSPS) is 10.3. The third-order valence-corrected chi connectivity index (χ3v) is 3.03. The summed E-state index contributed by atoms with van der Waals surface area (Å²) in [6.45, 7) is 5.97. The molecule has 2 aromatic rings. The molecule has 0 saturated heterocycles. The van der Waals surface area contributed by atoms with Gasteiger partial charge in [-0.15, -0.1) is 0 Å². The van der Waals surface area contributed by atoms with E-state index in [1.54, 1.807) is 0 Å². The Morgan fingerprint density at radius 1 is 1.17 bits per heavy atom. The summed E-state index contributed by atoms with van der Waals surface area (Å²) in [7, 11) is 0. The number of rotatable bonds is 4. The highest BCUT2D eigenvalue weighted by atomic mass is 15.1. The molecular weight excluding hydrogens is 222 g/mol. The fourth-order valence-corrected chi connectivity index (χ4v) is 2.04. The van der Waals surface area contributed by atoms with E-state index >= 15 is 0 Å². The van der Waals surface area contributed by atoms with E-state index in [9.17, 15) is 0 Å². The lowest BCUT2D eigenvalue weighted by Crippen LogP contribution is -2.23. The van der Waals surface area contributed by atoms with Crippen molar-refractivity contribution in [3.05, 3.63) is 53.9 Å². The third-order valence-electron chi connectivity index (χ3n) is 3.03. The fraction of sp³-hybridized carbons (Fsp3) is 0.267. The van der Waals surface area contributed by atoms with Crippen LogP contribution in [0.5, 0.6) is 0 Å². The summed E-state index contributed by atoms with van der Waals surface area (Å²) in [5.74, 6) is 0. The van der Waals surface area contributed by atoms with E-state index in [1.807, 2.05) is 30.6 Å². The van der Waals surface area contributed by atoms with Crippen LogP contribution in [0.15, 0.2) is 42.7 Å². The summed E-state index contributed by atoms with van der Waals surface area (Å²) in [6, 6.07) is 10.3. The van der Waals surface area contributed by atoms with Gasteiger partial charge in [-0.3, -0.25) is 4.98 Å². The second-order valence-electron chi connectivity index (χ2n) is 4.43. The average molecular weight is 241 g/mol. The maximum Gasteiger partial charge on any atom is 0.0603 e. The van der Waals surface area contributed by atoms with Crippen LogP contribution in [0, 0.1) is 6.92 Å². The van der Waals surface area contributed by atoms with Gasteiger partial charge in [0.2, 0.25) is 0 Å². The van der Waals surface area contributed by atoms with E-state index in [0.29, 0.717) is 0 Å². The number of pyridine rings is 1. The smallest absolute Gasteiger partial charge is 0.0603 e. The number of aryl methyl sites for hydroxylation is 1. The summed E-state index contributed by atoms with van der Waals surface area (Å²) >= 11 is 0. The largest absolute Gasteiger partial charge is 0.397 e. The second kappa shape index (κ2) is 5.54. The van der Waals surface area contributed by atoms with Crippen LogP contribution in [0.25, 0.3) is 0 Å². The zero-order valence-corrected chi connectivity index (χ0v) is 10.9.